The van der Waals surface area contributed by atoms with Gasteiger partial charge in [0.1, 0.15) is 0 Å². The lowest BCUT2D eigenvalue weighted by molar-refractivity contribution is 0.452. The summed E-state index contributed by atoms with van der Waals surface area (Å²) in [6.45, 7) is 6.66. The van der Waals surface area contributed by atoms with E-state index in [2.05, 4.69) is 0 Å². The maximum Gasteiger partial charge on any atom is 0.284 e. The van der Waals surface area contributed by atoms with Crippen molar-refractivity contribution >= 4 is 28.6 Å². The molecule has 1 unspecified atom stereocenters. The van der Waals surface area contributed by atoms with E-state index in [1.54, 1.807) is 13.1 Å². The topological polar surface area (TPSA) is 97.7 Å². The summed E-state index contributed by atoms with van der Waals surface area (Å²) in [7, 11) is -11.4. The van der Waals surface area contributed by atoms with Crippen LogP contribution in [0.15, 0.2) is 0 Å². The van der Waals surface area contributed by atoms with Crippen molar-refractivity contribution in [3.63, 3.8) is 0 Å². The van der Waals surface area contributed by atoms with Crippen molar-refractivity contribution in [1.82, 2.24) is 0 Å². The summed E-state index contributed by atoms with van der Waals surface area (Å²) in [5, 5.41) is 0. The molecule has 0 aliphatic heterocycles. The first-order chi connectivity index (χ1) is 7.46. The third kappa shape index (κ3) is 5.47. The SMILES string of the molecule is CCC[Si](C)(C)OS(=O)(=O)C(CC)S(=O)(=O)O. The lowest BCUT2D eigenvalue weighted by Gasteiger charge is -2.23. The Morgan fingerprint density at radius 1 is 1.18 bits per heavy atom. The summed E-state index contributed by atoms with van der Waals surface area (Å²) >= 11 is 0. The molecule has 104 valence electrons. The normalized spacial score (nSPS) is 15.8. The first-order valence-electron chi connectivity index (χ1n) is 5.37. The largest absolute Gasteiger partial charge is 0.314 e. The van der Waals surface area contributed by atoms with Gasteiger partial charge < -0.3 is 3.87 Å². The van der Waals surface area contributed by atoms with Gasteiger partial charge in [-0.25, -0.2) is 0 Å². The highest BCUT2D eigenvalue weighted by Gasteiger charge is 2.40. The summed E-state index contributed by atoms with van der Waals surface area (Å²) in [6.07, 6.45) is 0.523. The predicted octanol–water partition coefficient (Wildman–Crippen LogP) is 1.57. The van der Waals surface area contributed by atoms with E-state index in [9.17, 15) is 16.8 Å². The minimum atomic E-state index is -4.65. The zero-order valence-electron chi connectivity index (χ0n) is 10.5. The summed E-state index contributed by atoms with van der Waals surface area (Å²) < 4.78 is 57.5. The van der Waals surface area contributed by atoms with Crippen molar-refractivity contribution < 1.29 is 25.3 Å². The highest BCUT2D eigenvalue weighted by molar-refractivity contribution is 8.04. The number of hydrogen-bond donors (Lipinski definition) is 1. The van der Waals surface area contributed by atoms with Crippen LogP contribution in [0.25, 0.3) is 0 Å². The van der Waals surface area contributed by atoms with E-state index < -0.39 is 33.1 Å². The molecule has 0 aliphatic carbocycles. The Hall–Kier alpha value is 0.0369. The second-order valence-corrected chi connectivity index (χ2v) is 12.6. The van der Waals surface area contributed by atoms with Crippen LogP contribution >= 0.6 is 0 Å². The van der Waals surface area contributed by atoms with Crippen LogP contribution in [0.4, 0.5) is 0 Å². The van der Waals surface area contributed by atoms with E-state index in [1.165, 1.54) is 6.92 Å². The summed E-state index contributed by atoms with van der Waals surface area (Å²) in [6, 6.07) is 0.605. The third-order valence-electron chi connectivity index (χ3n) is 2.18. The molecule has 0 radical (unpaired) electrons. The van der Waals surface area contributed by atoms with Crippen LogP contribution in [0.2, 0.25) is 19.1 Å². The molecule has 0 saturated carbocycles. The fourth-order valence-electron chi connectivity index (χ4n) is 1.58. The van der Waals surface area contributed by atoms with E-state index in [0.717, 1.165) is 6.42 Å². The molecule has 6 nitrogen and oxygen atoms in total. The van der Waals surface area contributed by atoms with Crippen molar-refractivity contribution in [2.75, 3.05) is 0 Å². The molecule has 1 N–H and O–H groups in total. The van der Waals surface area contributed by atoms with Crippen LogP contribution in [0, 0.1) is 0 Å². The van der Waals surface area contributed by atoms with E-state index in [1.807, 2.05) is 6.92 Å². The molecular weight excluding hydrogens is 284 g/mol. The van der Waals surface area contributed by atoms with Gasteiger partial charge in [-0.05, 0) is 25.6 Å². The molecule has 0 aromatic rings. The minimum absolute atomic E-state index is 0.238. The first-order valence-corrected chi connectivity index (χ1v) is 11.5. The van der Waals surface area contributed by atoms with Crippen LogP contribution in [0.3, 0.4) is 0 Å². The second kappa shape index (κ2) is 5.78. The Kier molecular flexibility index (Phi) is 5.80. The molecule has 0 spiro atoms. The third-order valence-corrected chi connectivity index (χ3v) is 10.0. The summed E-state index contributed by atoms with van der Waals surface area (Å²) in [5.74, 6) is 0. The van der Waals surface area contributed by atoms with Crippen LogP contribution < -0.4 is 0 Å². The number of rotatable bonds is 7. The predicted molar refractivity (Wildman–Crippen MR) is 68.2 cm³/mol. The van der Waals surface area contributed by atoms with E-state index in [0.29, 0.717) is 6.04 Å². The van der Waals surface area contributed by atoms with Crippen molar-refractivity contribution in [3.8, 4) is 0 Å². The fraction of sp³-hybridized carbons (Fsp3) is 1.00. The van der Waals surface area contributed by atoms with Crippen LogP contribution in [-0.2, 0) is 24.1 Å². The van der Waals surface area contributed by atoms with Crippen molar-refractivity contribution in [2.45, 2.75) is 50.4 Å². The molecule has 0 fully saturated rings. The molecule has 9 heteroatoms. The van der Waals surface area contributed by atoms with Gasteiger partial charge in [-0.3, -0.25) is 4.55 Å². The Morgan fingerprint density at radius 3 is 1.94 bits per heavy atom. The summed E-state index contributed by atoms with van der Waals surface area (Å²) in [4.78, 5) is 0. The molecule has 17 heavy (non-hydrogen) atoms. The summed E-state index contributed by atoms with van der Waals surface area (Å²) in [5.41, 5.74) is 0. The van der Waals surface area contributed by atoms with Gasteiger partial charge in [-0.1, -0.05) is 20.3 Å². The lowest BCUT2D eigenvalue weighted by atomic mass is 10.6. The molecule has 0 heterocycles. The van der Waals surface area contributed by atoms with E-state index >= 15 is 0 Å². The smallest absolute Gasteiger partial charge is 0.284 e. The monoisotopic (exact) mass is 304 g/mol. The Labute approximate surface area is 104 Å². The van der Waals surface area contributed by atoms with Gasteiger partial charge in [0.25, 0.3) is 20.2 Å². The molecular formula is C8H20O6S2Si. The van der Waals surface area contributed by atoms with Crippen molar-refractivity contribution in [3.05, 3.63) is 0 Å². The quantitative estimate of drug-likeness (QED) is 0.566. The van der Waals surface area contributed by atoms with Gasteiger partial charge >= 0.3 is 0 Å². The number of hydrogen-bond acceptors (Lipinski definition) is 5. The molecule has 0 saturated heterocycles. The average molecular weight is 304 g/mol. The molecule has 0 aromatic carbocycles. The van der Waals surface area contributed by atoms with Gasteiger partial charge in [-0.15, -0.1) is 0 Å². The highest BCUT2D eigenvalue weighted by atomic mass is 32.3. The van der Waals surface area contributed by atoms with E-state index in [-0.39, 0.29) is 6.42 Å². The molecule has 0 aliphatic rings. The molecule has 0 bridgehead atoms. The molecule has 0 amide bonds. The first kappa shape index (κ1) is 17.0. The Morgan fingerprint density at radius 2 is 1.65 bits per heavy atom. The van der Waals surface area contributed by atoms with Crippen LogP contribution in [0.5, 0.6) is 0 Å². The lowest BCUT2D eigenvalue weighted by Crippen LogP contribution is -2.40. The molecule has 1 atom stereocenters. The fourth-order valence-corrected chi connectivity index (χ4v) is 8.43. The minimum Gasteiger partial charge on any atom is -0.314 e. The maximum absolute atomic E-state index is 11.8. The van der Waals surface area contributed by atoms with Gasteiger partial charge in [0.05, 0.1) is 0 Å². The highest BCUT2D eigenvalue weighted by Crippen LogP contribution is 2.22. The molecule has 0 rings (SSSR count). The van der Waals surface area contributed by atoms with Gasteiger partial charge in [-0.2, -0.15) is 16.8 Å². The zero-order valence-corrected chi connectivity index (χ0v) is 13.1. The van der Waals surface area contributed by atoms with E-state index in [4.69, 9.17) is 8.42 Å². The van der Waals surface area contributed by atoms with Gasteiger partial charge in [0, 0.05) is 0 Å². The van der Waals surface area contributed by atoms with Gasteiger partial charge in [0.2, 0.25) is 12.9 Å². The Bertz CT molecular complexity index is 439. The standard InChI is InChI=1S/C8H20O6S2Si/c1-5-7-17(3,4)14-16(12,13)8(6-2)15(9,10)11/h8H,5-7H2,1-4H3,(H,9,10,11). The van der Waals surface area contributed by atoms with Crippen molar-refractivity contribution in [1.29, 1.82) is 0 Å². The van der Waals surface area contributed by atoms with Crippen LogP contribution in [-0.4, -0.2) is 34.3 Å². The average Bonchev–Trinajstić information content (AvgIpc) is 1.97. The van der Waals surface area contributed by atoms with Crippen LogP contribution in [0.1, 0.15) is 26.7 Å². The maximum atomic E-state index is 11.8. The second-order valence-electron chi connectivity index (χ2n) is 4.44. The zero-order chi connectivity index (χ0) is 13.9. The Balaban J connectivity index is 5.16. The van der Waals surface area contributed by atoms with Crippen molar-refractivity contribution in [2.24, 2.45) is 0 Å². The molecule has 0 aromatic heterocycles. The van der Waals surface area contributed by atoms with Gasteiger partial charge in [0.15, 0.2) is 0 Å².